The van der Waals surface area contributed by atoms with Gasteiger partial charge in [0, 0.05) is 16.5 Å². The molecule has 0 fully saturated rings. The maximum absolute atomic E-state index is 10.7. The Hall–Kier alpha value is -2.26. The molecule has 0 aliphatic heterocycles. The second kappa shape index (κ2) is 6.02. The van der Waals surface area contributed by atoms with Crippen LogP contribution in [0.25, 0.3) is 11.0 Å². The molecule has 3 rings (SSSR count). The highest BCUT2D eigenvalue weighted by molar-refractivity contribution is 5.81. The summed E-state index contributed by atoms with van der Waals surface area (Å²) in [6, 6.07) is 15.3. The minimum absolute atomic E-state index is 0.635. The van der Waals surface area contributed by atoms with Gasteiger partial charge in [-0.3, -0.25) is 0 Å². The molecule has 1 heterocycles. The predicted octanol–water partition coefficient (Wildman–Crippen LogP) is 4.30. The van der Waals surface area contributed by atoms with Gasteiger partial charge in [0.05, 0.1) is 12.9 Å². The van der Waals surface area contributed by atoms with E-state index in [9.17, 15) is 5.11 Å². The smallest absolute Gasteiger partial charge is 0.134 e. The van der Waals surface area contributed by atoms with Gasteiger partial charge in [0.15, 0.2) is 0 Å². The highest BCUT2D eigenvalue weighted by Gasteiger charge is 2.19. The summed E-state index contributed by atoms with van der Waals surface area (Å²) in [5.41, 5.74) is 2.30. The first-order chi connectivity index (χ1) is 10.3. The van der Waals surface area contributed by atoms with Crippen molar-refractivity contribution in [3.63, 3.8) is 0 Å². The lowest BCUT2D eigenvalue weighted by Crippen LogP contribution is -2.04. The number of aliphatic hydroxyl groups is 1. The van der Waals surface area contributed by atoms with Gasteiger partial charge in [-0.05, 0) is 18.6 Å². The third-order valence-corrected chi connectivity index (χ3v) is 3.48. The quantitative estimate of drug-likeness (QED) is 0.758. The molecule has 0 saturated heterocycles. The van der Waals surface area contributed by atoms with Gasteiger partial charge in [-0.2, -0.15) is 0 Å². The van der Waals surface area contributed by atoms with Crippen LogP contribution in [0.5, 0.6) is 5.75 Å². The highest BCUT2D eigenvalue weighted by atomic mass is 16.5. The predicted molar refractivity (Wildman–Crippen MR) is 82.5 cm³/mol. The zero-order valence-corrected chi connectivity index (χ0v) is 12.0. The van der Waals surface area contributed by atoms with Crippen molar-refractivity contribution >= 4 is 11.0 Å². The van der Waals surface area contributed by atoms with Crippen LogP contribution in [0, 0.1) is 0 Å². The van der Waals surface area contributed by atoms with Gasteiger partial charge in [-0.1, -0.05) is 43.3 Å². The van der Waals surface area contributed by atoms with Gasteiger partial charge >= 0.3 is 0 Å². The van der Waals surface area contributed by atoms with Crippen molar-refractivity contribution in [3.8, 4) is 5.75 Å². The topological polar surface area (TPSA) is 42.6 Å². The van der Waals surface area contributed by atoms with Gasteiger partial charge in [0.2, 0.25) is 0 Å². The molecule has 108 valence electrons. The number of aliphatic hydroxyl groups excluding tert-OH is 1. The monoisotopic (exact) mass is 282 g/mol. The number of hydrogen-bond acceptors (Lipinski definition) is 3. The summed E-state index contributed by atoms with van der Waals surface area (Å²) in [5, 5.41) is 11.6. The van der Waals surface area contributed by atoms with Crippen molar-refractivity contribution in [2.45, 2.75) is 19.4 Å². The van der Waals surface area contributed by atoms with E-state index < -0.39 is 6.10 Å². The van der Waals surface area contributed by atoms with E-state index >= 15 is 0 Å². The van der Waals surface area contributed by atoms with Crippen LogP contribution in [0.2, 0.25) is 0 Å². The molecular weight excluding hydrogens is 264 g/mol. The van der Waals surface area contributed by atoms with Gasteiger partial charge in [-0.15, -0.1) is 0 Å². The summed E-state index contributed by atoms with van der Waals surface area (Å²) >= 11 is 0. The zero-order chi connectivity index (χ0) is 14.7. The van der Waals surface area contributed by atoms with Crippen molar-refractivity contribution in [1.29, 1.82) is 0 Å². The lowest BCUT2D eigenvalue weighted by Gasteiger charge is -2.15. The van der Waals surface area contributed by atoms with Crippen LogP contribution in [-0.4, -0.2) is 11.7 Å². The Balaban J connectivity index is 2.00. The molecule has 3 nitrogen and oxygen atoms in total. The molecule has 0 saturated carbocycles. The Morgan fingerprint density at radius 1 is 1.05 bits per heavy atom. The number of para-hydroxylation sites is 2. The van der Waals surface area contributed by atoms with Crippen LogP contribution in [0.4, 0.5) is 0 Å². The molecule has 1 unspecified atom stereocenters. The maximum atomic E-state index is 10.7. The van der Waals surface area contributed by atoms with E-state index in [1.165, 1.54) is 0 Å². The number of hydrogen-bond donors (Lipinski definition) is 1. The first kappa shape index (κ1) is 13.7. The molecule has 0 spiro atoms. The molecule has 0 aliphatic carbocycles. The lowest BCUT2D eigenvalue weighted by atomic mass is 10.00. The first-order valence-corrected chi connectivity index (χ1v) is 7.17. The molecule has 0 radical (unpaired) electrons. The SMILES string of the molecule is CCCOc1ccccc1C(O)c1coc2ccccc12. The van der Waals surface area contributed by atoms with Gasteiger partial charge in [0.1, 0.15) is 17.4 Å². The maximum Gasteiger partial charge on any atom is 0.134 e. The van der Waals surface area contributed by atoms with Crippen LogP contribution in [0.3, 0.4) is 0 Å². The molecule has 2 aromatic carbocycles. The number of ether oxygens (including phenoxy) is 1. The Kier molecular flexibility index (Phi) is 3.93. The first-order valence-electron chi connectivity index (χ1n) is 7.17. The summed E-state index contributed by atoms with van der Waals surface area (Å²) in [7, 11) is 0. The van der Waals surface area contributed by atoms with Gasteiger partial charge < -0.3 is 14.3 Å². The van der Waals surface area contributed by atoms with Crippen molar-refractivity contribution < 1.29 is 14.3 Å². The molecule has 1 aromatic heterocycles. The summed E-state index contributed by atoms with van der Waals surface area (Å²) in [6.45, 7) is 2.69. The third-order valence-electron chi connectivity index (χ3n) is 3.48. The minimum Gasteiger partial charge on any atom is -0.493 e. The molecule has 0 bridgehead atoms. The normalized spacial score (nSPS) is 12.5. The van der Waals surface area contributed by atoms with Crippen LogP contribution in [0.1, 0.15) is 30.6 Å². The number of furan rings is 1. The minimum atomic E-state index is -0.762. The summed E-state index contributed by atoms with van der Waals surface area (Å²) in [4.78, 5) is 0. The average molecular weight is 282 g/mol. The van der Waals surface area contributed by atoms with E-state index in [1.807, 2.05) is 48.5 Å². The van der Waals surface area contributed by atoms with E-state index in [4.69, 9.17) is 9.15 Å². The zero-order valence-electron chi connectivity index (χ0n) is 12.0. The number of rotatable bonds is 5. The van der Waals surface area contributed by atoms with Crippen molar-refractivity contribution in [2.24, 2.45) is 0 Å². The van der Waals surface area contributed by atoms with E-state index in [0.717, 1.165) is 34.3 Å². The second-order valence-electron chi connectivity index (χ2n) is 4.98. The van der Waals surface area contributed by atoms with E-state index in [2.05, 4.69) is 6.92 Å². The standard InChI is InChI=1S/C18H18O3/c1-2-11-20-17-10-6-4-8-14(17)18(19)15-12-21-16-9-5-3-7-13(15)16/h3-10,12,18-19H,2,11H2,1H3. The largest absolute Gasteiger partial charge is 0.493 e. The van der Waals surface area contributed by atoms with Crippen molar-refractivity contribution in [3.05, 3.63) is 65.9 Å². The lowest BCUT2D eigenvalue weighted by molar-refractivity contribution is 0.211. The van der Waals surface area contributed by atoms with Gasteiger partial charge in [-0.25, -0.2) is 0 Å². The van der Waals surface area contributed by atoms with Crippen molar-refractivity contribution in [2.75, 3.05) is 6.61 Å². The Morgan fingerprint density at radius 3 is 2.67 bits per heavy atom. The van der Waals surface area contributed by atoms with Crippen LogP contribution in [0.15, 0.2) is 59.2 Å². The molecule has 0 aliphatic rings. The van der Waals surface area contributed by atoms with Crippen LogP contribution in [-0.2, 0) is 0 Å². The van der Waals surface area contributed by atoms with E-state index in [-0.39, 0.29) is 0 Å². The summed E-state index contributed by atoms with van der Waals surface area (Å²) in [6.07, 6.45) is 1.78. The molecule has 0 amide bonds. The number of benzene rings is 2. The molecule has 3 aromatic rings. The Labute approximate surface area is 123 Å². The second-order valence-corrected chi connectivity index (χ2v) is 4.98. The fourth-order valence-corrected chi connectivity index (χ4v) is 2.43. The molecule has 3 heteroatoms. The van der Waals surface area contributed by atoms with E-state index in [1.54, 1.807) is 6.26 Å². The Morgan fingerprint density at radius 2 is 1.81 bits per heavy atom. The molecular formula is C18H18O3. The van der Waals surface area contributed by atoms with Crippen LogP contribution >= 0.6 is 0 Å². The molecule has 1 N–H and O–H groups in total. The van der Waals surface area contributed by atoms with Crippen molar-refractivity contribution in [1.82, 2.24) is 0 Å². The van der Waals surface area contributed by atoms with E-state index in [0.29, 0.717) is 6.61 Å². The highest BCUT2D eigenvalue weighted by Crippen LogP contribution is 2.34. The fourth-order valence-electron chi connectivity index (χ4n) is 2.43. The number of fused-ring (bicyclic) bond motifs is 1. The average Bonchev–Trinajstić information content (AvgIpc) is 2.96. The Bertz CT molecular complexity index is 730. The van der Waals surface area contributed by atoms with Crippen LogP contribution < -0.4 is 4.74 Å². The fraction of sp³-hybridized carbons (Fsp3) is 0.222. The van der Waals surface area contributed by atoms with Gasteiger partial charge in [0.25, 0.3) is 0 Å². The molecule has 1 atom stereocenters. The summed E-state index contributed by atoms with van der Waals surface area (Å²) < 4.78 is 11.2. The molecule has 21 heavy (non-hydrogen) atoms. The third kappa shape index (κ3) is 2.65. The summed E-state index contributed by atoms with van der Waals surface area (Å²) in [5.74, 6) is 0.720.